The summed E-state index contributed by atoms with van der Waals surface area (Å²) in [5.41, 5.74) is 0. The molecule has 1 aromatic rings. The van der Waals surface area contributed by atoms with Gasteiger partial charge in [-0.2, -0.15) is 0 Å². The van der Waals surface area contributed by atoms with Crippen LogP contribution >= 0.6 is 11.6 Å². The largest absolute Gasteiger partial charge is 0.357 e. The summed E-state index contributed by atoms with van der Waals surface area (Å²) in [6.45, 7) is 6.66. The molecule has 0 spiro atoms. The van der Waals surface area contributed by atoms with Crippen molar-refractivity contribution in [3.8, 4) is 0 Å². The highest BCUT2D eigenvalue weighted by atomic mass is 35.5. The second-order valence-corrected chi connectivity index (χ2v) is 7.97. The van der Waals surface area contributed by atoms with E-state index in [1.165, 1.54) is 25.7 Å². The number of hydrogen-bond acceptors (Lipinski definition) is 4. The Labute approximate surface area is 168 Å². The van der Waals surface area contributed by atoms with Crippen LogP contribution in [0.25, 0.3) is 0 Å². The highest BCUT2D eigenvalue weighted by Crippen LogP contribution is 2.25. The van der Waals surface area contributed by atoms with Crippen LogP contribution < -0.4 is 15.5 Å². The number of aliphatic imine (C=N–C) groups is 1. The third-order valence-electron chi connectivity index (χ3n) is 5.58. The molecular weight excluding hydrogens is 360 g/mol. The monoisotopic (exact) mass is 392 g/mol. The predicted octanol–water partition coefficient (Wildman–Crippen LogP) is 2.74. The van der Waals surface area contributed by atoms with E-state index in [-0.39, 0.29) is 0 Å². The van der Waals surface area contributed by atoms with Gasteiger partial charge in [0.25, 0.3) is 0 Å². The Morgan fingerprint density at radius 1 is 1.37 bits per heavy atom. The van der Waals surface area contributed by atoms with Gasteiger partial charge in [0, 0.05) is 44.5 Å². The van der Waals surface area contributed by atoms with E-state index in [1.807, 2.05) is 12.1 Å². The Balaban J connectivity index is 1.49. The van der Waals surface area contributed by atoms with Crippen molar-refractivity contribution >= 4 is 23.4 Å². The first-order valence-corrected chi connectivity index (χ1v) is 10.7. The van der Waals surface area contributed by atoms with Crippen LogP contribution in [-0.2, 0) is 0 Å². The summed E-state index contributed by atoms with van der Waals surface area (Å²) in [7, 11) is 2.23. The first-order valence-electron chi connectivity index (χ1n) is 10.3. The molecule has 2 aliphatic rings. The van der Waals surface area contributed by atoms with Gasteiger partial charge in [0.2, 0.25) is 0 Å². The van der Waals surface area contributed by atoms with Crippen LogP contribution in [-0.4, -0.2) is 67.7 Å². The van der Waals surface area contributed by atoms with E-state index in [2.05, 4.69) is 39.4 Å². The highest BCUT2D eigenvalue weighted by molar-refractivity contribution is 6.32. The molecule has 150 valence electrons. The molecule has 0 bridgehead atoms. The lowest BCUT2D eigenvalue weighted by Crippen LogP contribution is -2.45. The molecule has 2 heterocycles. The Morgan fingerprint density at radius 3 is 2.93 bits per heavy atom. The van der Waals surface area contributed by atoms with Crippen molar-refractivity contribution in [3.05, 3.63) is 23.4 Å². The maximum atomic E-state index is 6.29. The van der Waals surface area contributed by atoms with Gasteiger partial charge in [0.1, 0.15) is 5.82 Å². The molecule has 2 N–H and O–H groups in total. The lowest BCUT2D eigenvalue weighted by Gasteiger charge is -2.23. The van der Waals surface area contributed by atoms with Crippen molar-refractivity contribution < 1.29 is 0 Å². The molecule has 1 saturated heterocycles. The molecule has 1 unspecified atom stereocenters. The summed E-state index contributed by atoms with van der Waals surface area (Å²) in [6.07, 6.45) is 8.29. The minimum absolute atomic E-state index is 0.355. The van der Waals surface area contributed by atoms with E-state index in [1.54, 1.807) is 6.20 Å². The maximum absolute atomic E-state index is 6.29. The third kappa shape index (κ3) is 5.72. The number of nitrogens with one attached hydrogen (secondary N) is 2. The number of pyridine rings is 1. The van der Waals surface area contributed by atoms with Crippen molar-refractivity contribution in [2.45, 2.75) is 51.1 Å². The van der Waals surface area contributed by atoms with E-state index in [0.29, 0.717) is 11.1 Å². The molecule has 1 aliphatic carbocycles. The van der Waals surface area contributed by atoms with Crippen molar-refractivity contribution in [2.24, 2.45) is 4.99 Å². The average molecular weight is 393 g/mol. The summed E-state index contributed by atoms with van der Waals surface area (Å²) in [5, 5.41) is 7.68. The lowest BCUT2D eigenvalue weighted by atomic mass is 10.2. The normalized spacial score (nSPS) is 21.3. The fraction of sp³-hybridized carbons (Fsp3) is 0.700. The van der Waals surface area contributed by atoms with Crippen molar-refractivity contribution in [1.29, 1.82) is 0 Å². The molecule has 7 heteroatoms. The van der Waals surface area contributed by atoms with E-state index in [4.69, 9.17) is 16.6 Å². The van der Waals surface area contributed by atoms with E-state index in [9.17, 15) is 0 Å². The number of guanidine groups is 1. The first-order chi connectivity index (χ1) is 13.2. The molecule has 1 saturated carbocycles. The zero-order valence-electron chi connectivity index (χ0n) is 16.6. The topological polar surface area (TPSA) is 55.8 Å². The van der Waals surface area contributed by atoms with Crippen LogP contribution in [0.15, 0.2) is 23.3 Å². The third-order valence-corrected chi connectivity index (χ3v) is 5.88. The zero-order chi connectivity index (χ0) is 19.1. The van der Waals surface area contributed by atoms with E-state index < -0.39 is 0 Å². The number of aromatic nitrogens is 1. The zero-order valence-corrected chi connectivity index (χ0v) is 17.4. The molecular formula is C20H33ClN6. The van der Waals surface area contributed by atoms with Gasteiger partial charge < -0.3 is 20.4 Å². The minimum Gasteiger partial charge on any atom is -0.357 e. The smallest absolute Gasteiger partial charge is 0.191 e. The van der Waals surface area contributed by atoms with Gasteiger partial charge in [-0.1, -0.05) is 24.4 Å². The van der Waals surface area contributed by atoms with Gasteiger partial charge >= 0.3 is 0 Å². The molecule has 3 rings (SSSR count). The summed E-state index contributed by atoms with van der Waals surface area (Å²) in [6, 6.07) is 4.88. The SMILES string of the molecule is CCNC(=NCCN(C)C1CCCC1)NC1CCN(c2ncccc2Cl)C1. The molecule has 0 amide bonds. The highest BCUT2D eigenvalue weighted by Gasteiger charge is 2.25. The van der Waals surface area contributed by atoms with Crippen LogP contribution in [0, 0.1) is 0 Å². The van der Waals surface area contributed by atoms with Gasteiger partial charge in [-0.25, -0.2) is 4.98 Å². The molecule has 0 aromatic carbocycles. The lowest BCUT2D eigenvalue weighted by molar-refractivity contribution is 0.252. The van der Waals surface area contributed by atoms with E-state index >= 15 is 0 Å². The Hall–Kier alpha value is -1.53. The number of nitrogens with zero attached hydrogens (tertiary/aromatic N) is 4. The molecule has 1 aromatic heterocycles. The fourth-order valence-corrected chi connectivity index (χ4v) is 4.28. The van der Waals surface area contributed by atoms with Gasteiger partial charge in [-0.15, -0.1) is 0 Å². The second kappa shape index (κ2) is 10.1. The number of rotatable bonds is 7. The van der Waals surface area contributed by atoms with E-state index in [0.717, 1.165) is 57.0 Å². The van der Waals surface area contributed by atoms with Gasteiger partial charge in [-0.05, 0) is 45.4 Å². The summed E-state index contributed by atoms with van der Waals surface area (Å²) >= 11 is 6.29. The predicted molar refractivity (Wildman–Crippen MR) is 114 cm³/mol. The second-order valence-electron chi connectivity index (χ2n) is 7.56. The molecule has 2 fully saturated rings. The van der Waals surface area contributed by atoms with Gasteiger partial charge in [0.05, 0.1) is 11.6 Å². The Kier molecular flexibility index (Phi) is 7.59. The molecule has 1 atom stereocenters. The van der Waals surface area contributed by atoms with Crippen LogP contribution in [0.2, 0.25) is 5.02 Å². The molecule has 6 nitrogen and oxygen atoms in total. The molecule has 1 aliphatic heterocycles. The van der Waals surface area contributed by atoms with Crippen LogP contribution in [0.5, 0.6) is 0 Å². The minimum atomic E-state index is 0.355. The summed E-state index contributed by atoms with van der Waals surface area (Å²) in [5.74, 6) is 1.79. The average Bonchev–Trinajstić information content (AvgIpc) is 3.34. The number of anilines is 1. The maximum Gasteiger partial charge on any atom is 0.191 e. The van der Waals surface area contributed by atoms with Crippen molar-refractivity contribution in [3.63, 3.8) is 0 Å². The quantitative estimate of drug-likeness (QED) is 0.552. The molecule has 0 radical (unpaired) electrons. The Bertz CT molecular complexity index is 616. The number of hydrogen-bond donors (Lipinski definition) is 2. The summed E-state index contributed by atoms with van der Waals surface area (Å²) in [4.78, 5) is 13.9. The van der Waals surface area contributed by atoms with Gasteiger partial charge in [-0.3, -0.25) is 4.99 Å². The van der Waals surface area contributed by atoms with Crippen LogP contribution in [0.3, 0.4) is 0 Å². The number of likely N-dealkylation sites (N-methyl/N-ethyl adjacent to an activating group) is 1. The molecule has 27 heavy (non-hydrogen) atoms. The standard InChI is InChI=1S/C20H33ClN6/c1-3-22-20(24-12-14-26(2)17-7-4-5-8-17)25-16-10-13-27(15-16)19-18(21)9-6-11-23-19/h6,9,11,16-17H,3-5,7-8,10,12-15H2,1-2H3,(H2,22,24,25). The van der Waals surface area contributed by atoms with Crippen molar-refractivity contribution in [2.75, 3.05) is 44.7 Å². The van der Waals surface area contributed by atoms with Gasteiger partial charge in [0.15, 0.2) is 5.96 Å². The number of halogens is 1. The fourth-order valence-electron chi connectivity index (χ4n) is 4.04. The van der Waals surface area contributed by atoms with Crippen molar-refractivity contribution in [1.82, 2.24) is 20.5 Å². The Morgan fingerprint density at radius 2 is 2.19 bits per heavy atom. The van der Waals surface area contributed by atoms with Crippen LogP contribution in [0.4, 0.5) is 5.82 Å². The van der Waals surface area contributed by atoms with Crippen LogP contribution in [0.1, 0.15) is 39.0 Å². The summed E-state index contributed by atoms with van der Waals surface area (Å²) < 4.78 is 0. The first kappa shape index (κ1) is 20.2.